The number of benzene rings is 11. The van der Waals surface area contributed by atoms with Crippen LogP contribution in [-0.4, -0.2) is 9.13 Å². The van der Waals surface area contributed by atoms with Gasteiger partial charge in [-0.2, -0.15) is 5.26 Å². The van der Waals surface area contributed by atoms with Crippen LogP contribution in [0.1, 0.15) is 5.56 Å². The molecule has 11 aromatic carbocycles. The van der Waals surface area contributed by atoms with Crippen molar-refractivity contribution >= 4 is 166 Å². The van der Waals surface area contributed by atoms with E-state index in [1.165, 1.54) is 41.0 Å². The molecular formula is C68H34N4OS3. The molecule has 76 heavy (non-hydrogen) atoms. The van der Waals surface area contributed by atoms with Gasteiger partial charge in [0.15, 0.2) is 0 Å². The summed E-state index contributed by atoms with van der Waals surface area (Å²) < 4.78 is 18.5. The maximum Gasteiger partial charge on any atom is 0.220 e. The molecule has 0 saturated carbocycles. The number of para-hydroxylation sites is 1. The molecule has 0 amide bonds. The summed E-state index contributed by atoms with van der Waals surface area (Å²) in [5.74, 6) is 0. The normalized spacial score (nSPS) is 12.2. The van der Waals surface area contributed by atoms with E-state index in [1.54, 1.807) is 34.0 Å². The highest BCUT2D eigenvalue weighted by Gasteiger charge is 2.34. The van der Waals surface area contributed by atoms with Gasteiger partial charge in [-0.1, -0.05) is 170 Å². The maximum atomic E-state index is 12.3. The molecule has 0 spiro atoms. The van der Waals surface area contributed by atoms with E-state index in [1.807, 2.05) is 36.4 Å². The molecule has 0 aliphatic carbocycles. The molecule has 17 rings (SSSR count). The smallest absolute Gasteiger partial charge is 0.220 e. The van der Waals surface area contributed by atoms with E-state index in [4.69, 9.17) is 9.26 Å². The minimum absolute atomic E-state index is 0.413. The summed E-state index contributed by atoms with van der Waals surface area (Å²) in [5, 5.41) is 25.8. The van der Waals surface area contributed by atoms with Gasteiger partial charge in [0.25, 0.3) is 0 Å². The number of aromatic nitrogens is 2. The first-order valence-corrected chi connectivity index (χ1v) is 27.6. The highest BCUT2D eigenvalue weighted by molar-refractivity contribution is 7.27. The van der Waals surface area contributed by atoms with Gasteiger partial charge in [-0.3, -0.25) is 0 Å². The number of rotatable bonds is 4. The van der Waals surface area contributed by atoms with Crippen LogP contribution in [0, 0.1) is 17.9 Å². The van der Waals surface area contributed by atoms with Gasteiger partial charge >= 0.3 is 0 Å². The van der Waals surface area contributed by atoms with E-state index in [0.717, 1.165) is 107 Å². The monoisotopic (exact) mass is 1020 g/mol. The fraction of sp³-hybridized carbons (Fsp3) is 0. The van der Waals surface area contributed by atoms with E-state index < -0.39 is 0 Å². The Kier molecular flexibility index (Phi) is 8.54. The van der Waals surface area contributed by atoms with Crippen LogP contribution in [0.5, 0.6) is 0 Å². The van der Waals surface area contributed by atoms with Crippen molar-refractivity contribution in [3.8, 4) is 39.7 Å². The van der Waals surface area contributed by atoms with Crippen molar-refractivity contribution in [2.75, 3.05) is 0 Å². The first kappa shape index (κ1) is 41.9. The fourth-order valence-corrected chi connectivity index (χ4v) is 16.4. The maximum absolute atomic E-state index is 12.3. The molecule has 17 aromatic rings. The molecule has 0 bridgehead atoms. The second kappa shape index (κ2) is 15.5. The molecule has 8 heteroatoms. The van der Waals surface area contributed by atoms with Crippen molar-refractivity contribution in [3.05, 3.63) is 223 Å². The lowest BCUT2D eigenvalue weighted by molar-refractivity contribution is 0.669. The van der Waals surface area contributed by atoms with Crippen molar-refractivity contribution in [2.24, 2.45) is 0 Å². The molecule has 0 aliphatic rings. The van der Waals surface area contributed by atoms with Gasteiger partial charge in [0, 0.05) is 89.9 Å². The quantitative estimate of drug-likeness (QED) is 0.165. The zero-order chi connectivity index (χ0) is 49.9. The average molecular weight is 1020 g/mol. The number of thiophene rings is 3. The molecule has 0 aliphatic heterocycles. The molecule has 6 heterocycles. The van der Waals surface area contributed by atoms with Gasteiger partial charge in [0.2, 0.25) is 5.69 Å². The van der Waals surface area contributed by atoms with Crippen molar-refractivity contribution in [2.45, 2.75) is 0 Å². The Hall–Kier alpha value is -9.54. The van der Waals surface area contributed by atoms with Gasteiger partial charge in [-0.15, -0.1) is 34.0 Å². The zero-order valence-electron chi connectivity index (χ0n) is 40.1. The van der Waals surface area contributed by atoms with Crippen molar-refractivity contribution in [1.82, 2.24) is 9.13 Å². The summed E-state index contributed by atoms with van der Waals surface area (Å²) in [5.41, 5.74) is 11.0. The number of hydrogen-bond acceptors (Lipinski definition) is 5. The highest BCUT2D eigenvalue weighted by Crippen LogP contribution is 2.56. The van der Waals surface area contributed by atoms with Gasteiger partial charge in [-0.25, -0.2) is 4.85 Å². The predicted molar refractivity (Wildman–Crippen MR) is 323 cm³/mol. The molecule has 0 unspecified atom stereocenters. The van der Waals surface area contributed by atoms with Crippen LogP contribution in [0.15, 0.2) is 211 Å². The number of nitrogens with zero attached hydrogens (tertiary/aromatic N) is 4. The fourth-order valence-electron chi connectivity index (χ4n) is 12.7. The summed E-state index contributed by atoms with van der Waals surface area (Å²) >= 11 is 5.39. The third kappa shape index (κ3) is 5.44. The number of furan rings is 1. The van der Waals surface area contributed by atoms with Crippen molar-refractivity contribution < 1.29 is 4.42 Å². The topological polar surface area (TPSA) is 51.1 Å². The zero-order valence-corrected chi connectivity index (χ0v) is 42.5. The summed E-state index contributed by atoms with van der Waals surface area (Å²) in [7, 11) is 0. The largest absolute Gasteiger partial charge is 0.456 e. The third-order valence-electron chi connectivity index (χ3n) is 15.8. The third-order valence-corrected chi connectivity index (χ3v) is 19.4. The predicted octanol–water partition coefficient (Wildman–Crippen LogP) is 20.6. The summed E-state index contributed by atoms with van der Waals surface area (Å²) in [6.07, 6.45) is 0. The van der Waals surface area contributed by atoms with Gasteiger partial charge < -0.3 is 13.6 Å². The molecule has 5 nitrogen and oxygen atoms in total. The average Bonchev–Trinajstić information content (AvgIpc) is 4.52. The first-order valence-electron chi connectivity index (χ1n) is 25.2. The van der Waals surface area contributed by atoms with Crippen LogP contribution in [0.3, 0.4) is 0 Å². The molecule has 0 atom stereocenters. The van der Waals surface area contributed by atoms with Crippen molar-refractivity contribution in [1.29, 1.82) is 5.26 Å². The van der Waals surface area contributed by atoms with E-state index in [-0.39, 0.29) is 0 Å². The minimum atomic E-state index is 0.413. The van der Waals surface area contributed by atoms with E-state index in [0.29, 0.717) is 22.5 Å². The Morgan fingerprint density at radius 3 is 1.39 bits per heavy atom. The lowest BCUT2D eigenvalue weighted by Crippen LogP contribution is -2.09. The van der Waals surface area contributed by atoms with Crippen molar-refractivity contribution in [3.63, 3.8) is 0 Å². The molecule has 0 N–H and O–H groups in total. The Morgan fingerprint density at radius 1 is 0.395 bits per heavy atom. The van der Waals surface area contributed by atoms with Gasteiger partial charge in [0.05, 0.1) is 59.7 Å². The second-order valence-electron chi connectivity index (χ2n) is 19.5. The highest BCUT2D eigenvalue weighted by atomic mass is 32.1. The first-order chi connectivity index (χ1) is 37.7. The van der Waals surface area contributed by atoms with E-state index in [9.17, 15) is 11.8 Å². The van der Waals surface area contributed by atoms with E-state index >= 15 is 0 Å². The summed E-state index contributed by atoms with van der Waals surface area (Å²) in [6, 6.07) is 75.8. The number of fused-ring (bicyclic) bond motifs is 22. The lowest BCUT2D eigenvalue weighted by atomic mass is 9.88. The number of hydrogen-bond donors (Lipinski definition) is 0. The van der Waals surface area contributed by atoms with Crippen LogP contribution in [-0.2, 0) is 0 Å². The Bertz CT molecular complexity index is 5370. The SMILES string of the molecule is [C-]#[N+]c1c(-c2ccccc2)c(C#N)c(-n2c3ccc4oc5ccccc5c4c3c3ccc4c5ccccc5sc4c32)c(-c2ccccc2)c1-n1c2c(ccc3c4ccccc4sc32)c2ccc3c4ccccc4sc3c21. The standard InChI is InChI=1S/C68H34N4OS3/c1-70-60-56(37-16-4-2-5-17-37)49(36-69)61(71-50-34-35-52-59(47-23-8-12-24-51(47)73-52)58(50)48-33-32-46-41-22-11-15-27-55(41)76-68(46)64(48)71)57(38-18-6-3-7-19-38)65(60)72-62-42(28-30-44-39-20-9-13-25-53(39)74-66(44)62)43-29-31-45-40-21-10-14-26-54(40)75-67(45)63(43)72/h2-35H. The van der Waals surface area contributed by atoms with Crippen LogP contribution in [0.4, 0.5) is 5.69 Å². The van der Waals surface area contributed by atoms with Crippen LogP contribution >= 0.6 is 34.0 Å². The Morgan fingerprint density at radius 2 is 0.855 bits per heavy atom. The number of nitriles is 1. The molecule has 0 fully saturated rings. The summed E-state index contributed by atoms with van der Waals surface area (Å²) in [6.45, 7) is 9.64. The lowest BCUT2D eigenvalue weighted by Gasteiger charge is -2.26. The molecule has 350 valence electrons. The van der Waals surface area contributed by atoms with Gasteiger partial charge in [-0.05, 0) is 47.5 Å². The molecule has 0 radical (unpaired) electrons. The van der Waals surface area contributed by atoms with Crippen LogP contribution in [0.25, 0.3) is 165 Å². The van der Waals surface area contributed by atoms with Gasteiger partial charge in [0.1, 0.15) is 17.2 Å². The Labute approximate surface area is 444 Å². The minimum Gasteiger partial charge on any atom is -0.456 e. The van der Waals surface area contributed by atoms with Crippen LogP contribution in [0.2, 0.25) is 0 Å². The molecular weight excluding hydrogens is 985 g/mol. The Balaban J connectivity index is 1.19. The second-order valence-corrected chi connectivity index (χ2v) is 22.7. The molecule has 6 aromatic heterocycles. The molecule has 0 saturated heterocycles. The van der Waals surface area contributed by atoms with E-state index in [2.05, 4.69) is 185 Å². The van der Waals surface area contributed by atoms with Crippen LogP contribution < -0.4 is 0 Å². The summed E-state index contributed by atoms with van der Waals surface area (Å²) in [4.78, 5) is 4.72.